The Morgan fingerprint density at radius 1 is 1.32 bits per heavy atom. The van der Waals surface area contributed by atoms with Crippen LogP contribution >= 0.6 is 0 Å². The summed E-state index contributed by atoms with van der Waals surface area (Å²) in [4.78, 5) is 26.1. The molecular formula is C17H22N6O2. The van der Waals surface area contributed by atoms with Gasteiger partial charge in [0.15, 0.2) is 0 Å². The van der Waals surface area contributed by atoms with Gasteiger partial charge in [-0.05, 0) is 44.2 Å². The van der Waals surface area contributed by atoms with Gasteiger partial charge in [-0.15, -0.1) is 0 Å². The molecule has 0 bridgehead atoms. The zero-order valence-corrected chi connectivity index (χ0v) is 14.5. The molecule has 1 fully saturated rings. The molecule has 0 saturated carbocycles. The van der Waals surface area contributed by atoms with E-state index in [-0.39, 0.29) is 17.5 Å². The highest BCUT2D eigenvalue weighted by molar-refractivity contribution is 5.74. The number of nitrogens with zero attached hydrogens (tertiary/aromatic N) is 5. The number of nitrogens with one attached hydrogen (secondary N) is 1. The van der Waals surface area contributed by atoms with Gasteiger partial charge in [0.2, 0.25) is 11.6 Å². The first-order valence-electron chi connectivity index (χ1n) is 8.56. The average Bonchev–Trinajstić information content (AvgIpc) is 2.63. The molecule has 1 saturated heterocycles. The second-order valence-corrected chi connectivity index (χ2v) is 6.20. The van der Waals surface area contributed by atoms with Crippen LogP contribution in [0.4, 0.5) is 23.1 Å². The molecule has 1 N–H and O–H groups in total. The Labute approximate surface area is 146 Å². The molecule has 2 aromatic rings. The molecule has 3 rings (SSSR count). The smallest absolute Gasteiger partial charge is 0.348 e. The minimum atomic E-state index is -0.405. The van der Waals surface area contributed by atoms with Gasteiger partial charge in [-0.25, -0.2) is 15.0 Å². The molecule has 8 heteroatoms. The molecule has 1 aliphatic rings. The van der Waals surface area contributed by atoms with E-state index >= 15 is 0 Å². The first kappa shape index (κ1) is 17.1. The maximum atomic E-state index is 11.8. The van der Waals surface area contributed by atoms with Crippen molar-refractivity contribution < 1.29 is 4.92 Å². The van der Waals surface area contributed by atoms with E-state index in [9.17, 15) is 10.1 Å². The fraction of sp³-hybridized carbons (Fsp3) is 0.471. The number of anilines is 3. The van der Waals surface area contributed by atoms with Crippen LogP contribution in [0.5, 0.6) is 0 Å². The Morgan fingerprint density at radius 2 is 2.16 bits per heavy atom. The summed E-state index contributed by atoms with van der Waals surface area (Å²) in [6, 6.07) is 3.98. The molecular weight excluding hydrogens is 320 g/mol. The molecule has 132 valence electrons. The van der Waals surface area contributed by atoms with Crippen molar-refractivity contribution in [2.75, 3.05) is 16.8 Å². The maximum Gasteiger partial charge on any atom is 0.353 e. The van der Waals surface area contributed by atoms with Crippen LogP contribution in [0.25, 0.3) is 0 Å². The van der Waals surface area contributed by atoms with Gasteiger partial charge in [-0.1, -0.05) is 13.0 Å². The standard InChI is InChI=1S/C17H22N6O2/c1-3-13-8-4-5-10-22(13)17-14(23(24)25)16(19-11-20-17)21-15-12(2)7-6-9-18-15/h6-7,9,11,13H,3-5,8,10H2,1-2H3,(H,18,19,20,21). The van der Waals surface area contributed by atoms with Crippen molar-refractivity contribution >= 4 is 23.1 Å². The number of rotatable bonds is 5. The van der Waals surface area contributed by atoms with Crippen LogP contribution in [-0.4, -0.2) is 32.5 Å². The third-order valence-corrected chi connectivity index (χ3v) is 4.60. The first-order chi connectivity index (χ1) is 12.1. The van der Waals surface area contributed by atoms with Crippen molar-refractivity contribution in [3.05, 3.63) is 40.3 Å². The van der Waals surface area contributed by atoms with Gasteiger partial charge in [-0.2, -0.15) is 0 Å². The Hall–Kier alpha value is -2.77. The van der Waals surface area contributed by atoms with E-state index in [0.29, 0.717) is 11.6 Å². The highest BCUT2D eigenvalue weighted by atomic mass is 16.6. The number of hydrogen-bond donors (Lipinski definition) is 1. The lowest BCUT2D eigenvalue weighted by molar-refractivity contribution is -0.383. The second-order valence-electron chi connectivity index (χ2n) is 6.20. The number of piperidine rings is 1. The molecule has 25 heavy (non-hydrogen) atoms. The molecule has 0 amide bonds. The Balaban J connectivity index is 2.02. The van der Waals surface area contributed by atoms with Gasteiger partial charge in [0.25, 0.3) is 0 Å². The van der Waals surface area contributed by atoms with E-state index in [1.807, 2.05) is 19.1 Å². The van der Waals surface area contributed by atoms with Gasteiger partial charge >= 0.3 is 5.69 Å². The summed E-state index contributed by atoms with van der Waals surface area (Å²) in [6.07, 6.45) is 7.14. The lowest BCUT2D eigenvalue weighted by Gasteiger charge is -2.35. The zero-order chi connectivity index (χ0) is 17.8. The minimum Gasteiger partial charge on any atom is -0.348 e. The van der Waals surface area contributed by atoms with E-state index in [1.54, 1.807) is 6.20 Å². The monoisotopic (exact) mass is 342 g/mol. The summed E-state index contributed by atoms with van der Waals surface area (Å²) in [5, 5.41) is 14.8. The van der Waals surface area contributed by atoms with Crippen LogP contribution in [0, 0.1) is 17.0 Å². The summed E-state index contributed by atoms with van der Waals surface area (Å²) < 4.78 is 0. The van der Waals surface area contributed by atoms with E-state index in [4.69, 9.17) is 0 Å². The summed E-state index contributed by atoms with van der Waals surface area (Å²) >= 11 is 0. The highest BCUT2D eigenvalue weighted by Crippen LogP contribution is 2.36. The quantitative estimate of drug-likeness (QED) is 0.655. The van der Waals surface area contributed by atoms with E-state index < -0.39 is 4.92 Å². The number of pyridine rings is 1. The van der Waals surface area contributed by atoms with Crippen molar-refractivity contribution in [1.29, 1.82) is 0 Å². The number of hydrogen-bond acceptors (Lipinski definition) is 7. The van der Waals surface area contributed by atoms with Crippen molar-refractivity contribution in [2.45, 2.75) is 45.6 Å². The van der Waals surface area contributed by atoms with Crippen LogP contribution in [-0.2, 0) is 0 Å². The Kier molecular flexibility index (Phi) is 5.06. The highest BCUT2D eigenvalue weighted by Gasteiger charge is 2.32. The van der Waals surface area contributed by atoms with Gasteiger partial charge in [0.1, 0.15) is 12.1 Å². The molecule has 2 aromatic heterocycles. The van der Waals surface area contributed by atoms with Crippen LogP contribution in [0.3, 0.4) is 0 Å². The third kappa shape index (κ3) is 3.52. The molecule has 3 heterocycles. The van der Waals surface area contributed by atoms with Crippen LogP contribution in [0.1, 0.15) is 38.2 Å². The number of aromatic nitrogens is 3. The SMILES string of the molecule is CCC1CCCCN1c1ncnc(Nc2ncccc2C)c1[N+](=O)[O-]. The van der Waals surface area contributed by atoms with Crippen molar-refractivity contribution in [3.63, 3.8) is 0 Å². The average molecular weight is 342 g/mol. The summed E-state index contributed by atoms with van der Waals surface area (Å²) in [6.45, 7) is 4.77. The lowest BCUT2D eigenvalue weighted by atomic mass is 10.00. The molecule has 1 aliphatic heterocycles. The molecule has 0 spiro atoms. The topological polar surface area (TPSA) is 97.1 Å². The van der Waals surface area contributed by atoms with E-state index in [2.05, 4.69) is 32.1 Å². The van der Waals surface area contributed by atoms with Crippen molar-refractivity contribution in [3.8, 4) is 0 Å². The Bertz CT molecular complexity index is 767. The van der Waals surface area contributed by atoms with Crippen LogP contribution in [0.2, 0.25) is 0 Å². The maximum absolute atomic E-state index is 11.8. The predicted molar refractivity (Wildman–Crippen MR) is 96.2 cm³/mol. The van der Waals surface area contributed by atoms with Crippen LogP contribution < -0.4 is 10.2 Å². The number of nitro groups is 1. The molecule has 1 unspecified atom stereocenters. The molecule has 0 aliphatic carbocycles. The minimum absolute atomic E-state index is 0.0899. The first-order valence-corrected chi connectivity index (χ1v) is 8.56. The molecule has 8 nitrogen and oxygen atoms in total. The lowest BCUT2D eigenvalue weighted by Crippen LogP contribution is -2.40. The van der Waals surface area contributed by atoms with E-state index in [1.165, 1.54) is 6.33 Å². The van der Waals surface area contributed by atoms with Gasteiger partial charge in [-0.3, -0.25) is 10.1 Å². The van der Waals surface area contributed by atoms with E-state index in [0.717, 1.165) is 37.8 Å². The second kappa shape index (κ2) is 7.42. The van der Waals surface area contributed by atoms with Gasteiger partial charge in [0, 0.05) is 18.8 Å². The normalized spacial score (nSPS) is 17.4. The summed E-state index contributed by atoms with van der Waals surface area (Å²) in [5.74, 6) is 1.13. The molecule has 1 atom stereocenters. The largest absolute Gasteiger partial charge is 0.353 e. The van der Waals surface area contributed by atoms with Crippen molar-refractivity contribution in [1.82, 2.24) is 15.0 Å². The summed E-state index contributed by atoms with van der Waals surface area (Å²) in [5.41, 5.74) is 0.800. The zero-order valence-electron chi connectivity index (χ0n) is 14.5. The third-order valence-electron chi connectivity index (χ3n) is 4.60. The fourth-order valence-corrected chi connectivity index (χ4v) is 3.27. The summed E-state index contributed by atoms with van der Waals surface area (Å²) in [7, 11) is 0. The predicted octanol–water partition coefficient (Wildman–Crippen LogP) is 3.60. The number of aryl methyl sites for hydroxylation is 1. The Morgan fingerprint density at radius 3 is 2.88 bits per heavy atom. The fourth-order valence-electron chi connectivity index (χ4n) is 3.27. The van der Waals surface area contributed by atoms with Crippen molar-refractivity contribution in [2.24, 2.45) is 0 Å². The van der Waals surface area contributed by atoms with Gasteiger partial charge in [0.05, 0.1) is 4.92 Å². The van der Waals surface area contributed by atoms with Gasteiger partial charge < -0.3 is 10.2 Å². The molecule has 0 aromatic carbocycles. The van der Waals surface area contributed by atoms with Crippen LogP contribution in [0.15, 0.2) is 24.7 Å². The molecule has 0 radical (unpaired) electrons.